The molecule has 0 spiro atoms. The summed E-state index contributed by atoms with van der Waals surface area (Å²) in [5, 5.41) is 15.0. The fourth-order valence-corrected chi connectivity index (χ4v) is 4.67. The van der Waals surface area contributed by atoms with Crippen molar-refractivity contribution in [3.05, 3.63) is 59.9 Å². The number of rotatable bonds is 9. The van der Waals surface area contributed by atoms with Crippen molar-refractivity contribution in [2.75, 3.05) is 17.7 Å². The molecule has 0 bridgehead atoms. The van der Waals surface area contributed by atoms with Gasteiger partial charge < -0.3 is 15.4 Å². The Labute approximate surface area is 206 Å². The number of benzene rings is 2. The van der Waals surface area contributed by atoms with Crippen LogP contribution in [0.2, 0.25) is 0 Å². The molecule has 2 amide bonds. The number of carbonyl (C=O) groups excluding carboxylic acids is 2. The van der Waals surface area contributed by atoms with Crippen LogP contribution in [0.4, 0.5) is 10.1 Å². The van der Waals surface area contributed by atoms with Crippen LogP contribution in [-0.2, 0) is 16.1 Å². The first kappa shape index (κ1) is 23.5. The number of anilines is 1. The number of halogens is 1. The highest BCUT2D eigenvalue weighted by molar-refractivity contribution is 7.99. The van der Waals surface area contributed by atoms with E-state index in [9.17, 15) is 14.0 Å². The molecule has 1 aliphatic carbocycles. The maximum absolute atomic E-state index is 13.4. The van der Waals surface area contributed by atoms with Gasteiger partial charge in [-0.05, 0) is 68.1 Å². The number of amides is 2. The molecule has 10 heteroatoms. The van der Waals surface area contributed by atoms with Crippen molar-refractivity contribution in [3.63, 3.8) is 0 Å². The van der Waals surface area contributed by atoms with Crippen LogP contribution in [0.25, 0.3) is 11.4 Å². The largest absolute Gasteiger partial charge is 0.376 e. The number of hydrogen-bond donors (Lipinski definition) is 2. The highest BCUT2D eigenvalue weighted by atomic mass is 32.2. The highest BCUT2D eigenvalue weighted by Crippen LogP contribution is 2.27. The molecule has 182 valence electrons. The lowest BCUT2D eigenvalue weighted by Crippen LogP contribution is -2.25. The normalized spacial score (nSPS) is 17.3. The third kappa shape index (κ3) is 6.07. The molecule has 2 fully saturated rings. The van der Waals surface area contributed by atoms with E-state index in [4.69, 9.17) is 4.74 Å². The van der Waals surface area contributed by atoms with Crippen LogP contribution in [0.15, 0.2) is 53.7 Å². The summed E-state index contributed by atoms with van der Waals surface area (Å²) in [6, 6.07) is 13.3. The Morgan fingerprint density at radius 3 is 2.69 bits per heavy atom. The summed E-state index contributed by atoms with van der Waals surface area (Å²) in [5.74, 6) is 0.0568. The van der Waals surface area contributed by atoms with Crippen LogP contribution >= 0.6 is 11.8 Å². The molecule has 0 radical (unpaired) electrons. The molecule has 1 saturated heterocycles. The number of thioether (sulfide) groups is 1. The summed E-state index contributed by atoms with van der Waals surface area (Å²) < 4.78 is 21.1. The molecular weight excluding hydrogens is 469 g/mol. The molecule has 1 aromatic heterocycles. The predicted octanol–water partition coefficient (Wildman–Crippen LogP) is 3.89. The van der Waals surface area contributed by atoms with E-state index in [1.807, 2.05) is 4.57 Å². The second kappa shape index (κ2) is 10.6. The molecule has 3 aromatic rings. The van der Waals surface area contributed by atoms with E-state index >= 15 is 0 Å². The molecule has 1 saturated carbocycles. The van der Waals surface area contributed by atoms with Gasteiger partial charge in [-0.2, -0.15) is 0 Å². The third-order valence-corrected chi connectivity index (χ3v) is 6.85. The molecule has 5 rings (SSSR count). The summed E-state index contributed by atoms with van der Waals surface area (Å²) in [4.78, 5) is 25.0. The number of ether oxygens (including phenoxy) is 1. The van der Waals surface area contributed by atoms with E-state index in [0.29, 0.717) is 28.8 Å². The quantitative estimate of drug-likeness (QED) is 0.437. The average molecular weight is 496 g/mol. The predicted molar refractivity (Wildman–Crippen MR) is 131 cm³/mol. The van der Waals surface area contributed by atoms with E-state index < -0.39 is 0 Å². The minimum absolute atomic E-state index is 0.0444. The number of nitrogens with one attached hydrogen (secondary N) is 2. The highest BCUT2D eigenvalue weighted by Gasteiger charge is 2.24. The molecule has 1 atom stereocenters. The monoisotopic (exact) mass is 495 g/mol. The lowest BCUT2D eigenvalue weighted by Gasteiger charge is -2.15. The zero-order chi connectivity index (χ0) is 24.2. The fourth-order valence-electron chi connectivity index (χ4n) is 3.93. The van der Waals surface area contributed by atoms with Crippen LogP contribution in [0.5, 0.6) is 0 Å². The second-order valence-corrected chi connectivity index (χ2v) is 9.67. The van der Waals surface area contributed by atoms with Gasteiger partial charge in [0.2, 0.25) is 5.91 Å². The van der Waals surface area contributed by atoms with Gasteiger partial charge in [-0.3, -0.25) is 14.2 Å². The molecule has 2 aliphatic rings. The van der Waals surface area contributed by atoms with Crippen molar-refractivity contribution >= 4 is 29.3 Å². The lowest BCUT2D eigenvalue weighted by molar-refractivity contribution is -0.113. The van der Waals surface area contributed by atoms with Crippen molar-refractivity contribution < 1.29 is 18.7 Å². The molecule has 8 nitrogen and oxygen atoms in total. The van der Waals surface area contributed by atoms with E-state index in [1.165, 1.54) is 23.9 Å². The van der Waals surface area contributed by atoms with Crippen LogP contribution in [-0.4, -0.2) is 51.1 Å². The Morgan fingerprint density at radius 2 is 1.94 bits per heavy atom. The summed E-state index contributed by atoms with van der Waals surface area (Å²) in [6.07, 6.45) is 4.01. The minimum Gasteiger partial charge on any atom is -0.376 e. The van der Waals surface area contributed by atoms with Gasteiger partial charge in [0.15, 0.2) is 11.0 Å². The Balaban J connectivity index is 1.26. The Hall–Kier alpha value is -3.24. The van der Waals surface area contributed by atoms with E-state index in [1.54, 1.807) is 36.4 Å². The smallest absolute Gasteiger partial charge is 0.251 e. The van der Waals surface area contributed by atoms with Gasteiger partial charge >= 0.3 is 0 Å². The second-order valence-electron chi connectivity index (χ2n) is 8.72. The van der Waals surface area contributed by atoms with Crippen molar-refractivity contribution in [2.45, 2.75) is 49.5 Å². The first-order valence-electron chi connectivity index (χ1n) is 11.7. The zero-order valence-corrected chi connectivity index (χ0v) is 19.9. The minimum atomic E-state index is -0.320. The maximum atomic E-state index is 13.4. The van der Waals surface area contributed by atoms with Crippen molar-refractivity contribution in [1.29, 1.82) is 0 Å². The van der Waals surface area contributed by atoms with Crippen LogP contribution in [0.1, 0.15) is 36.0 Å². The van der Waals surface area contributed by atoms with Gasteiger partial charge in [0.1, 0.15) is 5.82 Å². The van der Waals surface area contributed by atoms with Crippen LogP contribution in [0.3, 0.4) is 0 Å². The summed E-state index contributed by atoms with van der Waals surface area (Å²) in [5.41, 5.74) is 1.82. The first-order chi connectivity index (χ1) is 17.0. The molecule has 2 N–H and O–H groups in total. The number of hydrogen-bond acceptors (Lipinski definition) is 6. The van der Waals surface area contributed by atoms with Crippen molar-refractivity contribution in [2.24, 2.45) is 0 Å². The van der Waals surface area contributed by atoms with E-state index in [0.717, 1.165) is 37.9 Å². The van der Waals surface area contributed by atoms with Gasteiger partial charge in [0, 0.05) is 29.5 Å². The molecule has 2 heterocycles. The Kier molecular flexibility index (Phi) is 7.10. The zero-order valence-electron chi connectivity index (χ0n) is 19.1. The molecular formula is C25H26FN5O3S. The van der Waals surface area contributed by atoms with Crippen LogP contribution < -0.4 is 10.6 Å². The van der Waals surface area contributed by atoms with E-state index in [-0.39, 0.29) is 35.5 Å². The van der Waals surface area contributed by atoms with E-state index in [2.05, 4.69) is 20.8 Å². The number of carbonyl (C=O) groups is 2. The van der Waals surface area contributed by atoms with Gasteiger partial charge in [-0.15, -0.1) is 10.2 Å². The molecule has 1 aliphatic heterocycles. The molecule has 2 aromatic carbocycles. The molecule has 0 unspecified atom stereocenters. The topological polar surface area (TPSA) is 98.1 Å². The van der Waals surface area contributed by atoms with Crippen molar-refractivity contribution in [3.8, 4) is 11.4 Å². The van der Waals surface area contributed by atoms with Crippen molar-refractivity contribution in [1.82, 2.24) is 20.1 Å². The van der Waals surface area contributed by atoms with Gasteiger partial charge in [-0.1, -0.05) is 17.8 Å². The third-order valence-electron chi connectivity index (χ3n) is 5.88. The van der Waals surface area contributed by atoms with Gasteiger partial charge in [0.25, 0.3) is 5.91 Å². The Bertz CT molecular complexity index is 1210. The average Bonchev–Trinajstić information content (AvgIpc) is 3.35. The summed E-state index contributed by atoms with van der Waals surface area (Å²) >= 11 is 1.27. The lowest BCUT2D eigenvalue weighted by atomic mass is 10.2. The summed E-state index contributed by atoms with van der Waals surface area (Å²) in [7, 11) is 0. The number of nitrogens with zero attached hydrogens (tertiary/aromatic N) is 3. The number of aromatic nitrogens is 3. The van der Waals surface area contributed by atoms with Gasteiger partial charge in [-0.25, -0.2) is 4.39 Å². The first-order valence-corrected chi connectivity index (χ1v) is 12.7. The SMILES string of the molecule is O=C(CSc1nnc(-c2ccc(F)cc2)n1C[C@H]1CCCO1)Nc1cccc(C(=O)NC2CC2)c1. The maximum Gasteiger partial charge on any atom is 0.251 e. The fraction of sp³-hybridized carbons (Fsp3) is 0.360. The van der Waals surface area contributed by atoms with Gasteiger partial charge in [0.05, 0.1) is 18.4 Å². The Morgan fingerprint density at radius 1 is 1.11 bits per heavy atom. The van der Waals surface area contributed by atoms with Crippen LogP contribution in [0, 0.1) is 5.82 Å². The molecule has 35 heavy (non-hydrogen) atoms. The standard InChI is InChI=1S/C25H26FN5O3S/c26-18-8-6-16(7-9-18)23-29-30-25(31(23)14-21-5-2-12-34-21)35-15-22(32)27-20-4-1-3-17(13-20)24(33)28-19-10-11-19/h1,3-4,6-9,13,19,21H,2,5,10-12,14-15H2,(H,27,32)(H,28,33)/t21-/m1/s1. The summed E-state index contributed by atoms with van der Waals surface area (Å²) in [6.45, 7) is 1.28.